The summed E-state index contributed by atoms with van der Waals surface area (Å²) in [5.74, 6) is 0.575. The van der Waals surface area contributed by atoms with Crippen LogP contribution in [-0.4, -0.2) is 16.8 Å². The fourth-order valence-corrected chi connectivity index (χ4v) is 3.36. The average molecular weight is 347 g/mol. The molecule has 0 aliphatic heterocycles. The van der Waals surface area contributed by atoms with Gasteiger partial charge in [-0.2, -0.15) is 0 Å². The van der Waals surface area contributed by atoms with Crippen LogP contribution in [0, 0.1) is 12.3 Å². The van der Waals surface area contributed by atoms with Crippen LogP contribution in [-0.2, 0) is 6.42 Å². The first kappa shape index (κ1) is 16.6. The lowest BCUT2D eigenvalue weighted by molar-refractivity contribution is 0.0993. The summed E-state index contributed by atoms with van der Waals surface area (Å²) in [6.07, 6.45) is 1.32. The van der Waals surface area contributed by atoms with Gasteiger partial charge in [0.05, 0.1) is 5.71 Å². The van der Waals surface area contributed by atoms with Crippen molar-refractivity contribution in [3.63, 3.8) is 0 Å². The molecule has 0 fully saturated rings. The molecule has 1 amide bonds. The van der Waals surface area contributed by atoms with Crippen LogP contribution in [0.25, 0.3) is 0 Å². The largest absolute Gasteiger partial charge is 0.455 e. The number of benzene rings is 1. The molecule has 24 heavy (non-hydrogen) atoms. The lowest BCUT2D eigenvalue weighted by Crippen LogP contribution is -2.27. The summed E-state index contributed by atoms with van der Waals surface area (Å²) < 4.78 is 5.83. The number of rotatable bonds is 2. The minimum absolute atomic E-state index is 0.0838. The highest BCUT2D eigenvalue weighted by atomic mass is 35.5. The van der Waals surface area contributed by atoms with Gasteiger partial charge in [-0.3, -0.25) is 4.79 Å². The Morgan fingerprint density at radius 2 is 2.12 bits per heavy atom. The average Bonchev–Trinajstić information content (AvgIpc) is 2.82. The minimum atomic E-state index is -0.348. The number of fused-ring (bicyclic) bond motifs is 1. The summed E-state index contributed by atoms with van der Waals surface area (Å²) in [5, 5.41) is 16.1. The molecular formula is C18H19ClN2O3. The van der Waals surface area contributed by atoms with Crippen LogP contribution in [0.2, 0.25) is 5.02 Å². The predicted octanol–water partition coefficient (Wildman–Crippen LogP) is 4.64. The van der Waals surface area contributed by atoms with E-state index in [0.717, 1.165) is 5.56 Å². The number of hydrogen-bond acceptors (Lipinski definition) is 4. The zero-order valence-electron chi connectivity index (χ0n) is 13.8. The van der Waals surface area contributed by atoms with Crippen molar-refractivity contribution in [1.29, 1.82) is 0 Å². The van der Waals surface area contributed by atoms with Crippen LogP contribution < -0.4 is 5.32 Å². The van der Waals surface area contributed by atoms with E-state index in [4.69, 9.17) is 16.0 Å². The zero-order chi connectivity index (χ0) is 17.5. The molecular weight excluding hydrogens is 328 g/mol. The smallest absolute Gasteiger partial charge is 0.291 e. The van der Waals surface area contributed by atoms with Crippen molar-refractivity contribution < 1.29 is 14.4 Å². The number of carbonyl (C=O) groups excluding carboxylic acids is 1. The predicted molar refractivity (Wildman–Crippen MR) is 93.3 cm³/mol. The highest BCUT2D eigenvalue weighted by Crippen LogP contribution is 2.39. The second kappa shape index (κ2) is 5.98. The van der Waals surface area contributed by atoms with Gasteiger partial charge in [-0.1, -0.05) is 36.7 Å². The lowest BCUT2D eigenvalue weighted by atomic mass is 9.75. The van der Waals surface area contributed by atoms with Gasteiger partial charge in [-0.25, -0.2) is 0 Å². The molecule has 0 bridgehead atoms. The molecule has 3 rings (SSSR count). The van der Waals surface area contributed by atoms with Gasteiger partial charge in [0.15, 0.2) is 5.76 Å². The van der Waals surface area contributed by atoms with Gasteiger partial charge in [0.1, 0.15) is 5.76 Å². The maximum Gasteiger partial charge on any atom is 0.291 e. The van der Waals surface area contributed by atoms with Crippen molar-refractivity contribution in [1.82, 2.24) is 0 Å². The number of hydrogen-bond donors (Lipinski definition) is 2. The summed E-state index contributed by atoms with van der Waals surface area (Å²) in [6, 6.07) is 6.92. The minimum Gasteiger partial charge on any atom is -0.455 e. The van der Waals surface area contributed by atoms with Crippen molar-refractivity contribution in [3.05, 3.63) is 51.9 Å². The lowest BCUT2D eigenvalue weighted by Gasteiger charge is -2.28. The van der Waals surface area contributed by atoms with Crippen molar-refractivity contribution in [2.45, 2.75) is 33.6 Å². The topological polar surface area (TPSA) is 74.8 Å². The maximum atomic E-state index is 12.6. The van der Waals surface area contributed by atoms with E-state index in [9.17, 15) is 10.0 Å². The Hall–Kier alpha value is -2.27. The summed E-state index contributed by atoms with van der Waals surface area (Å²) >= 11 is 5.94. The quantitative estimate of drug-likeness (QED) is 0.614. The molecule has 1 aliphatic carbocycles. The summed E-state index contributed by atoms with van der Waals surface area (Å²) in [7, 11) is 0. The monoisotopic (exact) mass is 346 g/mol. The third-order valence-electron chi connectivity index (χ3n) is 4.20. The van der Waals surface area contributed by atoms with E-state index in [1.807, 2.05) is 0 Å². The molecule has 0 saturated carbocycles. The van der Waals surface area contributed by atoms with Crippen LogP contribution in [0.4, 0.5) is 5.69 Å². The van der Waals surface area contributed by atoms with Gasteiger partial charge in [0, 0.05) is 28.3 Å². The van der Waals surface area contributed by atoms with E-state index >= 15 is 0 Å². The van der Waals surface area contributed by atoms with Crippen molar-refractivity contribution >= 4 is 28.9 Å². The molecule has 0 unspecified atom stereocenters. The third kappa shape index (κ3) is 3.04. The van der Waals surface area contributed by atoms with Gasteiger partial charge in [-0.05, 0) is 37.0 Å². The SMILES string of the molecule is Cc1c(C(=O)Nc2cccc(Cl)c2)oc2c1/C(=N\O)CC(C)(C)C2. The van der Waals surface area contributed by atoms with E-state index in [-0.39, 0.29) is 17.1 Å². The number of amides is 1. The molecule has 1 heterocycles. The van der Waals surface area contributed by atoms with E-state index < -0.39 is 0 Å². The fraction of sp³-hybridized carbons (Fsp3) is 0.333. The van der Waals surface area contributed by atoms with E-state index in [0.29, 0.717) is 40.6 Å². The Kier molecular flexibility index (Phi) is 4.13. The van der Waals surface area contributed by atoms with Crippen molar-refractivity contribution in [2.24, 2.45) is 10.6 Å². The Morgan fingerprint density at radius 1 is 1.38 bits per heavy atom. The van der Waals surface area contributed by atoms with E-state index in [2.05, 4.69) is 24.3 Å². The van der Waals surface area contributed by atoms with Gasteiger partial charge < -0.3 is 14.9 Å². The van der Waals surface area contributed by atoms with E-state index in [1.165, 1.54) is 0 Å². The summed E-state index contributed by atoms with van der Waals surface area (Å²) in [4.78, 5) is 12.6. The number of nitrogens with one attached hydrogen (secondary N) is 1. The molecule has 2 aromatic rings. The van der Waals surface area contributed by atoms with Gasteiger partial charge in [0.25, 0.3) is 5.91 Å². The first-order valence-corrected chi connectivity index (χ1v) is 8.09. The molecule has 2 N–H and O–H groups in total. The van der Waals surface area contributed by atoms with Gasteiger partial charge in [0.2, 0.25) is 0 Å². The first-order chi connectivity index (χ1) is 11.3. The second-order valence-corrected chi connectivity index (χ2v) is 7.32. The zero-order valence-corrected chi connectivity index (χ0v) is 14.6. The Labute approximate surface area is 145 Å². The number of halogens is 1. The molecule has 1 aromatic heterocycles. The van der Waals surface area contributed by atoms with Crippen molar-refractivity contribution in [2.75, 3.05) is 5.32 Å². The molecule has 0 radical (unpaired) electrons. The molecule has 1 aromatic carbocycles. The molecule has 5 nitrogen and oxygen atoms in total. The molecule has 0 atom stereocenters. The number of anilines is 1. The second-order valence-electron chi connectivity index (χ2n) is 6.88. The number of nitrogens with zero attached hydrogens (tertiary/aromatic N) is 1. The Morgan fingerprint density at radius 3 is 2.79 bits per heavy atom. The van der Waals surface area contributed by atoms with Gasteiger partial charge >= 0.3 is 0 Å². The summed E-state index contributed by atoms with van der Waals surface area (Å²) in [6.45, 7) is 5.95. The van der Waals surface area contributed by atoms with E-state index in [1.54, 1.807) is 31.2 Å². The van der Waals surface area contributed by atoms with Crippen LogP contribution in [0.3, 0.4) is 0 Å². The molecule has 126 valence electrons. The fourth-order valence-electron chi connectivity index (χ4n) is 3.17. The molecule has 1 aliphatic rings. The normalized spacial score (nSPS) is 17.6. The number of furan rings is 1. The molecule has 0 saturated heterocycles. The van der Waals surface area contributed by atoms with Crippen LogP contribution in [0.15, 0.2) is 33.8 Å². The maximum absolute atomic E-state index is 12.6. The van der Waals surface area contributed by atoms with Crippen LogP contribution in [0.5, 0.6) is 0 Å². The van der Waals surface area contributed by atoms with Crippen LogP contribution in [0.1, 0.15) is 47.7 Å². The highest BCUT2D eigenvalue weighted by Gasteiger charge is 2.36. The summed E-state index contributed by atoms with van der Waals surface area (Å²) in [5.41, 5.74) is 2.50. The number of oxime groups is 1. The molecule has 6 heteroatoms. The standard InChI is InChI=1S/C18H19ClN2O3/c1-10-15-13(21-23)8-18(2,3)9-14(15)24-16(10)17(22)20-12-6-4-5-11(19)7-12/h4-7,23H,8-9H2,1-3H3,(H,20,22)/b21-13-. The van der Waals surface area contributed by atoms with Gasteiger partial charge in [-0.15, -0.1) is 0 Å². The Balaban J connectivity index is 1.96. The number of carbonyl (C=O) groups is 1. The van der Waals surface area contributed by atoms with Crippen LogP contribution >= 0.6 is 11.6 Å². The first-order valence-electron chi connectivity index (χ1n) is 7.71. The molecule has 0 spiro atoms. The highest BCUT2D eigenvalue weighted by molar-refractivity contribution is 6.31. The third-order valence-corrected chi connectivity index (χ3v) is 4.44. The Bertz CT molecular complexity index is 837. The van der Waals surface area contributed by atoms with Crippen molar-refractivity contribution in [3.8, 4) is 0 Å².